The molecule has 11 aromatic rings. The smallest absolute Gasteiger partial charge is 0.145 e. The van der Waals surface area contributed by atoms with Gasteiger partial charge in [-0.1, -0.05) is 115 Å². The van der Waals surface area contributed by atoms with Crippen LogP contribution in [0.2, 0.25) is 0 Å². The summed E-state index contributed by atoms with van der Waals surface area (Å²) in [6, 6.07) is 68.4. The van der Waals surface area contributed by atoms with Crippen molar-refractivity contribution in [2.24, 2.45) is 0 Å². The summed E-state index contributed by atoms with van der Waals surface area (Å²) in [7, 11) is 0. The van der Waals surface area contributed by atoms with E-state index in [-0.39, 0.29) is 12.0 Å². The highest BCUT2D eigenvalue weighted by Crippen LogP contribution is 2.55. The number of hydrogen-bond acceptors (Lipinski definition) is 2. The molecule has 2 unspecified atom stereocenters. The van der Waals surface area contributed by atoms with E-state index in [1.54, 1.807) is 0 Å². The molecule has 2 aliphatic rings. The number of para-hydroxylation sites is 5. The van der Waals surface area contributed by atoms with E-state index < -0.39 is 0 Å². The summed E-state index contributed by atoms with van der Waals surface area (Å²) in [6.45, 7) is 0. The molecule has 0 saturated heterocycles. The molecule has 1 aliphatic carbocycles. The maximum Gasteiger partial charge on any atom is 0.145 e. The minimum atomic E-state index is 0.128. The second-order valence-corrected chi connectivity index (χ2v) is 15.6. The SMILES string of the molecule is C1=CC2C(c3ccc(-c4ccc5c(c4)c4c6oc7ccccc7c6ccc4n5-c4ccccc4)cc3N2c2ccccc2)c2c1n(-c1ccccc1)c1ccccc21. The fourth-order valence-corrected chi connectivity index (χ4v) is 10.3. The van der Waals surface area contributed by atoms with Crippen LogP contribution in [-0.2, 0) is 0 Å². The maximum absolute atomic E-state index is 6.71. The van der Waals surface area contributed by atoms with Crippen LogP contribution in [0.1, 0.15) is 22.7 Å². The largest absolute Gasteiger partial charge is 0.455 e. The first-order valence-electron chi connectivity index (χ1n) is 20.1. The zero-order chi connectivity index (χ0) is 37.9. The van der Waals surface area contributed by atoms with Gasteiger partial charge in [0.2, 0.25) is 0 Å². The van der Waals surface area contributed by atoms with Crippen LogP contribution >= 0.6 is 0 Å². The number of hydrogen-bond donors (Lipinski definition) is 0. The quantitative estimate of drug-likeness (QED) is 0.180. The second kappa shape index (κ2) is 12.0. The van der Waals surface area contributed by atoms with E-state index >= 15 is 0 Å². The predicted molar refractivity (Wildman–Crippen MR) is 240 cm³/mol. The number of benzene rings is 8. The van der Waals surface area contributed by atoms with Crippen molar-refractivity contribution in [1.82, 2.24) is 9.13 Å². The van der Waals surface area contributed by atoms with E-state index in [9.17, 15) is 0 Å². The van der Waals surface area contributed by atoms with Gasteiger partial charge < -0.3 is 18.5 Å². The third-order valence-corrected chi connectivity index (χ3v) is 12.6. The highest BCUT2D eigenvalue weighted by molar-refractivity contribution is 6.24. The van der Waals surface area contributed by atoms with Gasteiger partial charge in [-0.25, -0.2) is 0 Å². The van der Waals surface area contributed by atoms with Crippen molar-refractivity contribution in [2.75, 3.05) is 4.90 Å². The maximum atomic E-state index is 6.71. The molecule has 13 rings (SSSR count). The number of fused-ring (bicyclic) bond motifs is 14. The molecule has 2 atom stereocenters. The Labute approximate surface area is 334 Å². The molecule has 8 aromatic carbocycles. The van der Waals surface area contributed by atoms with Crippen molar-refractivity contribution < 1.29 is 4.42 Å². The van der Waals surface area contributed by atoms with Crippen molar-refractivity contribution in [3.05, 3.63) is 211 Å². The Bertz CT molecular complexity index is 3460. The standard InChI is InChI=1S/C54H35N3O/c1-4-14-36(15-5-1)55-44-22-12-10-21-41(44)51-46(55)30-31-47-52(51)42-26-24-35(33-49(42)57(47)38-18-8-3-9-19-38)34-25-28-45-43(32-34)53-48(56(45)37-16-6-2-7-17-37)29-27-40-39-20-11-13-23-50(39)58-54(40)53/h1-33,47,52H. The molecule has 4 heterocycles. The van der Waals surface area contributed by atoms with E-state index in [0.717, 1.165) is 44.0 Å². The zero-order valence-corrected chi connectivity index (χ0v) is 31.5. The Hall–Kier alpha value is -7.56. The highest BCUT2D eigenvalue weighted by Gasteiger charge is 2.43. The Morgan fingerprint density at radius 3 is 1.86 bits per heavy atom. The highest BCUT2D eigenvalue weighted by atomic mass is 16.3. The summed E-state index contributed by atoms with van der Waals surface area (Å²) < 4.78 is 11.5. The number of anilines is 2. The molecule has 0 spiro atoms. The van der Waals surface area contributed by atoms with Gasteiger partial charge in [0.1, 0.15) is 11.2 Å². The van der Waals surface area contributed by atoms with E-state index in [4.69, 9.17) is 4.42 Å². The molecular weight excluding hydrogens is 707 g/mol. The summed E-state index contributed by atoms with van der Waals surface area (Å²) in [5.41, 5.74) is 16.5. The van der Waals surface area contributed by atoms with Gasteiger partial charge in [-0.05, 0) is 107 Å². The van der Waals surface area contributed by atoms with Gasteiger partial charge in [-0.2, -0.15) is 0 Å². The lowest BCUT2D eigenvalue weighted by Gasteiger charge is -2.31. The van der Waals surface area contributed by atoms with E-state index in [1.807, 2.05) is 6.07 Å². The van der Waals surface area contributed by atoms with E-state index in [2.05, 4.69) is 208 Å². The molecule has 1 aliphatic heterocycles. The fraction of sp³-hybridized carbons (Fsp3) is 0.0370. The number of aromatic nitrogens is 2. The molecule has 0 saturated carbocycles. The lowest BCUT2D eigenvalue weighted by molar-refractivity contribution is 0.673. The average molecular weight is 742 g/mol. The normalized spacial score (nSPS) is 15.8. The first-order chi connectivity index (χ1) is 28.8. The van der Waals surface area contributed by atoms with Gasteiger partial charge in [-0.3, -0.25) is 0 Å². The van der Waals surface area contributed by atoms with Gasteiger partial charge in [0, 0.05) is 50.2 Å². The Balaban J connectivity index is 1.04. The summed E-state index contributed by atoms with van der Waals surface area (Å²) in [4.78, 5) is 2.56. The van der Waals surface area contributed by atoms with Crippen molar-refractivity contribution in [2.45, 2.75) is 12.0 Å². The summed E-state index contributed by atoms with van der Waals surface area (Å²) in [5, 5.41) is 5.90. The first-order valence-corrected chi connectivity index (χ1v) is 20.1. The topological polar surface area (TPSA) is 26.2 Å². The van der Waals surface area contributed by atoms with Crippen LogP contribution in [-0.4, -0.2) is 15.2 Å². The molecular formula is C54H35N3O. The van der Waals surface area contributed by atoms with Crippen LogP contribution in [0, 0.1) is 0 Å². The second-order valence-electron chi connectivity index (χ2n) is 15.6. The summed E-state index contributed by atoms with van der Waals surface area (Å²) >= 11 is 0. The Morgan fingerprint density at radius 1 is 0.448 bits per heavy atom. The number of rotatable bonds is 4. The molecule has 272 valence electrons. The number of furan rings is 1. The molecule has 0 bridgehead atoms. The van der Waals surface area contributed by atoms with Gasteiger partial charge in [0.15, 0.2) is 0 Å². The van der Waals surface area contributed by atoms with Crippen molar-refractivity contribution >= 4 is 72.1 Å². The third kappa shape index (κ3) is 4.34. The molecule has 4 nitrogen and oxygen atoms in total. The monoisotopic (exact) mass is 741 g/mol. The van der Waals surface area contributed by atoms with Crippen molar-refractivity contribution in [1.29, 1.82) is 0 Å². The van der Waals surface area contributed by atoms with E-state index in [0.29, 0.717) is 0 Å². The van der Waals surface area contributed by atoms with Crippen molar-refractivity contribution in [3.63, 3.8) is 0 Å². The summed E-state index contributed by atoms with van der Waals surface area (Å²) in [6.07, 6.45) is 4.79. The van der Waals surface area contributed by atoms with Crippen LogP contribution in [0.3, 0.4) is 0 Å². The fourth-order valence-electron chi connectivity index (χ4n) is 10.3. The molecule has 0 radical (unpaired) electrons. The molecule has 58 heavy (non-hydrogen) atoms. The molecule has 3 aromatic heterocycles. The zero-order valence-electron chi connectivity index (χ0n) is 31.5. The van der Waals surface area contributed by atoms with Crippen LogP contribution < -0.4 is 4.90 Å². The van der Waals surface area contributed by atoms with Gasteiger partial charge in [0.25, 0.3) is 0 Å². The molecule has 4 heteroatoms. The average Bonchev–Trinajstić information content (AvgIpc) is 4.03. The minimum Gasteiger partial charge on any atom is -0.455 e. The minimum absolute atomic E-state index is 0.128. The van der Waals surface area contributed by atoms with Gasteiger partial charge in [0.05, 0.1) is 33.7 Å². The Morgan fingerprint density at radius 2 is 1.07 bits per heavy atom. The van der Waals surface area contributed by atoms with Crippen LogP contribution in [0.4, 0.5) is 11.4 Å². The van der Waals surface area contributed by atoms with Gasteiger partial charge in [-0.15, -0.1) is 0 Å². The van der Waals surface area contributed by atoms with Gasteiger partial charge >= 0.3 is 0 Å². The lowest BCUT2D eigenvalue weighted by atomic mass is 9.82. The molecule has 0 fully saturated rings. The predicted octanol–water partition coefficient (Wildman–Crippen LogP) is 14.0. The molecule has 0 amide bonds. The van der Waals surface area contributed by atoms with Crippen LogP contribution in [0.25, 0.3) is 83.2 Å². The summed E-state index contributed by atoms with van der Waals surface area (Å²) in [5.74, 6) is 0.159. The first kappa shape index (κ1) is 31.6. The molecule has 0 N–H and O–H groups in total. The van der Waals surface area contributed by atoms with Crippen LogP contribution in [0.15, 0.2) is 199 Å². The lowest BCUT2D eigenvalue weighted by Crippen LogP contribution is -2.30. The Kier molecular flexibility index (Phi) is 6.53. The van der Waals surface area contributed by atoms with Crippen molar-refractivity contribution in [3.8, 4) is 22.5 Å². The number of nitrogens with zero attached hydrogens (tertiary/aromatic N) is 3. The third-order valence-electron chi connectivity index (χ3n) is 12.6. The van der Waals surface area contributed by atoms with Crippen LogP contribution in [0.5, 0.6) is 0 Å². The van der Waals surface area contributed by atoms with E-state index in [1.165, 1.54) is 61.3 Å².